The topological polar surface area (TPSA) is 45.5 Å². The monoisotopic (exact) mass is 286 g/mol. The summed E-state index contributed by atoms with van der Waals surface area (Å²) < 4.78 is 5.23. The van der Waals surface area contributed by atoms with Crippen molar-refractivity contribution in [2.75, 3.05) is 18.0 Å². The fourth-order valence-electron chi connectivity index (χ4n) is 2.25. The van der Waals surface area contributed by atoms with Gasteiger partial charge in [-0.1, -0.05) is 12.1 Å². The van der Waals surface area contributed by atoms with Gasteiger partial charge in [0.05, 0.1) is 12.8 Å². The summed E-state index contributed by atoms with van der Waals surface area (Å²) in [7, 11) is 0. The molecule has 1 aromatic carbocycles. The van der Waals surface area contributed by atoms with E-state index in [1.807, 2.05) is 55.1 Å². The van der Waals surface area contributed by atoms with Gasteiger partial charge in [0.1, 0.15) is 5.76 Å². The first kappa shape index (κ1) is 15.3. The normalized spacial score (nSPS) is 10.6. The van der Waals surface area contributed by atoms with Crippen molar-refractivity contribution < 1.29 is 9.21 Å². The number of carbonyl (C=O) groups excluding carboxylic acids is 1. The van der Waals surface area contributed by atoms with Crippen LogP contribution in [0, 0.1) is 6.92 Å². The van der Waals surface area contributed by atoms with Gasteiger partial charge < -0.3 is 14.6 Å². The summed E-state index contributed by atoms with van der Waals surface area (Å²) in [5.74, 6) is 1.02. The number of nitrogens with one attached hydrogen (secondary N) is 1. The van der Waals surface area contributed by atoms with Gasteiger partial charge in [0.2, 0.25) is 5.91 Å². The fourth-order valence-corrected chi connectivity index (χ4v) is 2.25. The molecule has 0 aliphatic heterocycles. The molecule has 2 rings (SSSR count). The first-order valence-electron chi connectivity index (χ1n) is 7.31. The molecule has 0 aliphatic rings. The number of anilines is 1. The Balaban J connectivity index is 1.83. The van der Waals surface area contributed by atoms with E-state index in [0.29, 0.717) is 26.1 Å². The van der Waals surface area contributed by atoms with Crippen LogP contribution >= 0.6 is 0 Å². The van der Waals surface area contributed by atoms with Gasteiger partial charge in [0.25, 0.3) is 0 Å². The summed E-state index contributed by atoms with van der Waals surface area (Å²) in [6, 6.07) is 11.8. The second kappa shape index (κ2) is 7.64. The molecule has 0 unspecified atom stereocenters. The number of carbonyl (C=O) groups is 1. The molecule has 0 aliphatic carbocycles. The van der Waals surface area contributed by atoms with Gasteiger partial charge in [-0.05, 0) is 43.7 Å². The molecular weight excluding hydrogens is 264 g/mol. The molecule has 21 heavy (non-hydrogen) atoms. The highest BCUT2D eigenvalue weighted by Gasteiger charge is 2.13. The summed E-state index contributed by atoms with van der Waals surface area (Å²) in [5.41, 5.74) is 2.13. The molecule has 0 saturated carbocycles. The summed E-state index contributed by atoms with van der Waals surface area (Å²) in [6.07, 6.45) is 2.13. The Hall–Kier alpha value is -2.07. The molecule has 0 bridgehead atoms. The Kier molecular flexibility index (Phi) is 5.58. The smallest absolute Gasteiger partial charge is 0.228 e. The summed E-state index contributed by atoms with van der Waals surface area (Å²) in [6.45, 7) is 6.00. The van der Waals surface area contributed by atoms with Crippen LogP contribution in [0.4, 0.5) is 5.69 Å². The molecule has 4 nitrogen and oxygen atoms in total. The van der Waals surface area contributed by atoms with E-state index in [-0.39, 0.29) is 5.91 Å². The SMILES string of the molecule is CCN(C(=O)CCNCc1ccco1)c1cccc(C)c1. The second-order valence-corrected chi connectivity index (χ2v) is 4.98. The Labute approximate surface area is 125 Å². The van der Waals surface area contributed by atoms with Gasteiger partial charge in [-0.2, -0.15) is 0 Å². The van der Waals surface area contributed by atoms with Crippen LogP contribution in [0.15, 0.2) is 47.1 Å². The van der Waals surface area contributed by atoms with E-state index >= 15 is 0 Å². The van der Waals surface area contributed by atoms with Crippen LogP contribution < -0.4 is 10.2 Å². The molecule has 1 heterocycles. The maximum Gasteiger partial charge on any atom is 0.228 e. The highest BCUT2D eigenvalue weighted by atomic mass is 16.3. The van der Waals surface area contributed by atoms with Gasteiger partial charge in [-0.3, -0.25) is 4.79 Å². The number of hydrogen-bond acceptors (Lipinski definition) is 3. The lowest BCUT2D eigenvalue weighted by Gasteiger charge is -2.21. The molecule has 2 aromatic rings. The van der Waals surface area contributed by atoms with Crippen molar-refractivity contribution in [1.82, 2.24) is 5.32 Å². The standard InChI is InChI=1S/C17H22N2O2/c1-3-19(15-7-4-6-14(2)12-15)17(20)9-10-18-13-16-8-5-11-21-16/h4-8,11-12,18H,3,9-10,13H2,1-2H3. The van der Waals surface area contributed by atoms with Gasteiger partial charge in [0.15, 0.2) is 0 Å². The van der Waals surface area contributed by atoms with E-state index < -0.39 is 0 Å². The summed E-state index contributed by atoms with van der Waals surface area (Å²) in [4.78, 5) is 14.1. The van der Waals surface area contributed by atoms with E-state index in [9.17, 15) is 4.79 Å². The number of furan rings is 1. The third-order valence-corrected chi connectivity index (χ3v) is 3.33. The first-order chi connectivity index (χ1) is 10.2. The molecule has 0 saturated heterocycles. The molecule has 112 valence electrons. The molecule has 1 N–H and O–H groups in total. The number of aryl methyl sites for hydroxylation is 1. The quantitative estimate of drug-likeness (QED) is 0.795. The van der Waals surface area contributed by atoms with E-state index in [1.54, 1.807) is 6.26 Å². The minimum atomic E-state index is 0.134. The molecule has 1 amide bonds. The maximum absolute atomic E-state index is 12.3. The van der Waals surface area contributed by atoms with Crippen molar-refractivity contribution in [1.29, 1.82) is 0 Å². The van der Waals surface area contributed by atoms with Crippen LogP contribution in [0.25, 0.3) is 0 Å². The Morgan fingerprint density at radius 2 is 2.14 bits per heavy atom. The van der Waals surface area contributed by atoms with Crippen molar-refractivity contribution in [3.05, 3.63) is 54.0 Å². The Morgan fingerprint density at radius 1 is 1.29 bits per heavy atom. The first-order valence-corrected chi connectivity index (χ1v) is 7.31. The van der Waals surface area contributed by atoms with Crippen LogP contribution in [-0.2, 0) is 11.3 Å². The second-order valence-electron chi connectivity index (χ2n) is 4.98. The highest BCUT2D eigenvalue weighted by molar-refractivity contribution is 5.93. The molecule has 0 fully saturated rings. The van der Waals surface area contributed by atoms with E-state index in [1.165, 1.54) is 0 Å². The lowest BCUT2D eigenvalue weighted by molar-refractivity contribution is -0.118. The van der Waals surface area contributed by atoms with Crippen molar-refractivity contribution in [3.63, 3.8) is 0 Å². The lowest BCUT2D eigenvalue weighted by atomic mass is 10.2. The lowest BCUT2D eigenvalue weighted by Crippen LogP contribution is -2.33. The molecule has 0 radical (unpaired) electrons. The third-order valence-electron chi connectivity index (χ3n) is 3.33. The zero-order chi connectivity index (χ0) is 15.1. The van der Waals surface area contributed by atoms with Crippen LogP contribution in [0.1, 0.15) is 24.7 Å². The van der Waals surface area contributed by atoms with Gasteiger partial charge in [-0.25, -0.2) is 0 Å². The Morgan fingerprint density at radius 3 is 2.81 bits per heavy atom. The van der Waals surface area contributed by atoms with Crippen molar-refractivity contribution in [3.8, 4) is 0 Å². The molecule has 0 atom stereocenters. The van der Waals surface area contributed by atoms with Gasteiger partial charge in [-0.15, -0.1) is 0 Å². The number of rotatable bonds is 7. The average Bonchev–Trinajstić information content (AvgIpc) is 2.98. The van der Waals surface area contributed by atoms with Gasteiger partial charge >= 0.3 is 0 Å². The largest absolute Gasteiger partial charge is 0.468 e. The zero-order valence-corrected chi connectivity index (χ0v) is 12.6. The van der Waals surface area contributed by atoms with Crippen LogP contribution in [-0.4, -0.2) is 19.0 Å². The van der Waals surface area contributed by atoms with Crippen LogP contribution in [0.3, 0.4) is 0 Å². The average molecular weight is 286 g/mol. The van der Waals surface area contributed by atoms with Crippen molar-refractivity contribution >= 4 is 11.6 Å². The van der Waals surface area contributed by atoms with E-state index in [2.05, 4.69) is 5.32 Å². The third kappa shape index (κ3) is 4.46. The van der Waals surface area contributed by atoms with E-state index in [0.717, 1.165) is 17.0 Å². The minimum absolute atomic E-state index is 0.134. The maximum atomic E-state index is 12.3. The number of nitrogens with zero attached hydrogens (tertiary/aromatic N) is 1. The predicted molar refractivity (Wildman–Crippen MR) is 84.2 cm³/mol. The zero-order valence-electron chi connectivity index (χ0n) is 12.6. The van der Waals surface area contributed by atoms with Crippen LogP contribution in [0.2, 0.25) is 0 Å². The fraction of sp³-hybridized carbons (Fsp3) is 0.353. The van der Waals surface area contributed by atoms with Crippen molar-refractivity contribution in [2.24, 2.45) is 0 Å². The number of hydrogen-bond donors (Lipinski definition) is 1. The van der Waals surface area contributed by atoms with Crippen LogP contribution in [0.5, 0.6) is 0 Å². The number of amides is 1. The van der Waals surface area contributed by atoms with E-state index in [4.69, 9.17) is 4.42 Å². The minimum Gasteiger partial charge on any atom is -0.468 e. The molecule has 1 aromatic heterocycles. The molecular formula is C17H22N2O2. The predicted octanol–water partition coefficient (Wildman–Crippen LogP) is 3.12. The van der Waals surface area contributed by atoms with Gasteiger partial charge in [0, 0.05) is 25.2 Å². The summed E-state index contributed by atoms with van der Waals surface area (Å²) in [5, 5.41) is 3.22. The summed E-state index contributed by atoms with van der Waals surface area (Å²) >= 11 is 0. The van der Waals surface area contributed by atoms with Crippen molar-refractivity contribution in [2.45, 2.75) is 26.8 Å². The molecule has 4 heteroatoms. The Bertz CT molecular complexity index is 564. The molecule has 0 spiro atoms. The number of benzene rings is 1. The highest BCUT2D eigenvalue weighted by Crippen LogP contribution is 2.16.